The third-order valence-electron chi connectivity index (χ3n) is 5.34. The predicted molar refractivity (Wildman–Crippen MR) is 122 cm³/mol. The van der Waals surface area contributed by atoms with E-state index in [0.717, 1.165) is 28.6 Å². The predicted octanol–water partition coefficient (Wildman–Crippen LogP) is 5.50. The number of nitrogen functional groups attached to an aromatic ring is 1. The van der Waals surface area contributed by atoms with Gasteiger partial charge in [-0.15, -0.1) is 21.5 Å². The zero-order chi connectivity index (χ0) is 20.7. The van der Waals surface area contributed by atoms with Gasteiger partial charge in [0, 0.05) is 10.4 Å². The third-order valence-corrected chi connectivity index (χ3v) is 7.34. The molecule has 5 rings (SSSR count). The SMILES string of the molecule is Cc1cc(C)cc(-c2nnc(SCc3nc(N)c4c5c(sc4n3)CCCCC5)o2)c1. The summed E-state index contributed by atoms with van der Waals surface area (Å²) in [6.07, 6.45) is 5.96. The largest absolute Gasteiger partial charge is 0.411 e. The number of nitrogens with zero attached hydrogens (tertiary/aromatic N) is 4. The quantitative estimate of drug-likeness (QED) is 0.333. The molecule has 1 aliphatic carbocycles. The lowest BCUT2D eigenvalue weighted by molar-refractivity contribution is 0.465. The summed E-state index contributed by atoms with van der Waals surface area (Å²) < 4.78 is 5.86. The molecule has 6 nitrogen and oxygen atoms in total. The second-order valence-corrected chi connectivity index (χ2v) is 9.82. The van der Waals surface area contributed by atoms with E-state index < -0.39 is 0 Å². The van der Waals surface area contributed by atoms with Crippen LogP contribution in [0.1, 0.15) is 46.7 Å². The highest BCUT2D eigenvalue weighted by molar-refractivity contribution is 7.98. The monoisotopic (exact) mass is 437 g/mol. The smallest absolute Gasteiger partial charge is 0.277 e. The number of hydrogen-bond donors (Lipinski definition) is 1. The average Bonchev–Trinajstić information content (AvgIpc) is 3.24. The van der Waals surface area contributed by atoms with Crippen molar-refractivity contribution in [2.45, 2.75) is 56.9 Å². The summed E-state index contributed by atoms with van der Waals surface area (Å²) in [5, 5.41) is 9.96. The van der Waals surface area contributed by atoms with Gasteiger partial charge in [-0.3, -0.25) is 0 Å². The molecule has 0 atom stereocenters. The average molecular weight is 438 g/mol. The molecule has 0 bridgehead atoms. The van der Waals surface area contributed by atoms with Crippen LogP contribution in [0.15, 0.2) is 27.8 Å². The van der Waals surface area contributed by atoms with E-state index in [1.807, 2.05) is 12.1 Å². The number of thiophene rings is 1. The van der Waals surface area contributed by atoms with Crippen LogP contribution in [0.25, 0.3) is 21.7 Å². The number of fused-ring (bicyclic) bond motifs is 3. The molecular weight excluding hydrogens is 414 g/mol. The molecule has 3 heterocycles. The lowest BCUT2D eigenvalue weighted by atomic mass is 10.1. The van der Waals surface area contributed by atoms with Gasteiger partial charge >= 0.3 is 0 Å². The van der Waals surface area contributed by atoms with Crippen molar-refractivity contribution in [3.63, 3.8) is 0 Å². The van der Waals surface area contributed by atoms with Crippen molar-refractivity contribution in [3.8, 4) is 11.5 Å². The van der Waals surface area contributed by atoms with Crippen LogP contribution >= 0.6 is 23.1 Å². The fourth-order valence-electron chi connectivity index (χ4n) is 4.08. The fraction of sp³-hybridized carbons (Fsp3) is 0.364. The first-order valence-electron chi connectivity index (χ1n) is 10.2. The van der Waals surface area contributed by atoms with Gasteiger partial charge < -0.3 is 10.2 Å². The molecule has 0 amide bonds. The summed E-state index contributed by atoms with van der Waals surface area (Å²) in [7, 11) is 0. The van der Waals surface area contributed by atoms with Crippen molar-refractivity contribution in [3.05, 3.63) is 45.6 Å². The lowest BCUT2D eigenvalue weighted by Crippen LogP contribution is -2.00. The maximum atomic E-state index is 6.35. The van der Waals surface area contributed by atoms with E-state index >= 15 is 0 Å². The minimum atomic E-state index is 0.508. The summed E-state index contributed by atoms with van der Waals surface area (Å²) in [6.45, 7) is 4.12. The first kappa shape index (κ1) is 19.5. The molecule has 0 saturated carbocycles. The molecule has 0 saturated heterocycles. The summed E-state index contributed by atoms with van der Waals surface area (Å²) in [5.41, 5.74) is 11.0. The van der Waals surface area contributed by atoms with Gasteiger partial charge in [0.2, 0.25) is 5.89 Å². The number of aromatic nitrogens is 4. The lowest BCUT2D eigenvalue weighted by Gasteiger charge is -2.03. The van der Waals surface area contributed by atoms with E-state index in [-0.39, 0.29) is 0 Å². The van der Waals surface area contributed by atoms with Crippen LogP contribution in [0.4, 0.5) is 5.82 Å². The Balaban J connectivity index is 1.36. The van der Waals surface area contributed by atoms with E-state index in [9.17, 15) is 0 Å². The Morgan fingerprint density at radius 3 is 2.67 bits per heavy atom. The Morgan fingerprint density at radius 2 is 1.83 bits per heavy atom. The van der Waals surface area contributed by atoms with Crippen LogP contribution in [0.5, 0.6) is 0 Å². The van der Waals surface area contributed by atoms with Gasteiger partial charge in [-0.2, -0.15) is 0 Å². The topological polar surface area (TPSA) is 90.7 Å². The Bertz CT molecular complexity index is 1210. The van der Waals surface area contributed by atoms with Gasteiger partial charge in [0.15, 0.2) is 0 Å². The number of thioether (sulfide) groups is 1. The van der Waals surface area contributed by atoms with Crippen molar-refractivity contribution in [2.24, 2.45) is 0 Å². The summed E-state index contributed by atoms with van der Waals surface area (Å²) in [5.74, 6) is 2.36. The van der Waals surface area contributed by atoms with E-state index in [1.54, 1.807) is 11.3 Å². The first-order valence-corrected chi connectivity index (χ1v) is 12.0. The van der Waals surface area contributed by atoms with Crippen LogP contribution in [0.2, 0.25) is 0 Å². The molecular formula is C22H23N5OS2. The standard InChI is InChI=1S/C22H23N5OS2/c1-12-8-13(2)10-14(9-12)20-26-27-22(28-20)29-11-17-24-19(23)18-15-6-4-3-5-7-16(15)30-21(18)25-17/h8-10H,3-7,11H2,1-2H3,(H2,23,24,25). The van der Waals surface area contributed by atoms with Crippen LogP contribution < -0.4 is 5.73 Å². The molecule has 0 aliphatic heterocycles. The fourth-order valence-corrected chi connectivity index (χ4v) is 5.99. The van der Waals surface area contributed by atoms with Gasteiger partial charge in [0.05, 0.1) is 11.1 Å². The van der Waals surface area contributed by atoms with E-state index in [1.165, 1.54) is 52.6 Å². The van der Waals surface area contributed by atoms with Crippen LogP contribution in [0.3, 0.4) is 0 Å². The molecule has 30 heavy (non-hydrogen) atoms. The molecule has 0 spiro atoms. The number of hydrogen-bond acceptors (Lipinski definition) is 8. The molecule has 3 aromatic heterocycles. The molecule has 4 aromatic rings. The van der Waals surface area contributed by atoms with Gasteiger partial charge in [0.1, 0.15) is 16.5 Å². The maximum Gasteiger partial charge on any atom is 0.277 e. The van der Waals surface area contributed by atoms with Gasteiger partial charge in [-0.05, 0) is 57.2 Å². The Labute approximate surface area is 183 Å². The molecule has 0 unspecified atom stereocenters. The number of rotatable bonds is 4. The van der Waals surface area contributed by atoms with Crippen molar-refractivity contribution in [1.82, 2.24) is 20.2 Å². The van der Waals surface area contributed by atoms with E-state index in [0.29, 0.717) is 28.5 Å². The minimum Gasteiger partial charge on any atom is -0.411 e. The summed E-state index contributed by atoms with van der Waals surface area (Å²) >= 11 is 3.21. The van der Waals surface area contributed by atoms with Crippen LogP contribution in [-0.4, -0.2) is 20.2 Å². The number of anilines is 1. The molecule has 2 N–H and O–H groups in total. The molecule has 0 radical (unpaired) electrons. The summed E-state index contributed by atoms with van der Waals surface area (Å²) in [4.78, 5) is 11.8. The Kier molecular flexibility index (Phi) is 5.20. The highest BCUT2D eigenvalue weighted by atomic mass is 32.2. The number of aryl methyl sites for hydroxylation is 4. The zero-order valence-corrected chi connectivity index (χ0v) is 18.7. The Morgan fingerprint density at radius 1 is 1.03 bits per heavy atom. The second-order valence-electron chi connectivity index (χ2n) is 7.81. The molecule has 8 heteroatoms. The van der Waals surface area contributed by atoms with E-state index in [4.69, 9.17) is 15.1 Å². The van der Waals surface area contributed by atoms with E-state index in [2.05, 4.69) is 35.1 Å². The van der Waals surface area contributed by atoms with Crippen molar-refractivity contribution < 1.29 is 4.42 Å². The van der Waals surface area contributed by atoms with Crippen molar-refractivity contribution in [1.29, 1.82) is 0 Å². The van der Waals surface area contributed by atoms with Crippen LogP contribution in [-0.2, 0) is 18.6 Å². The molecule has 1 aromatic carbocycles. The maximum absolute atomic E-state index is 6.35. The second kappa shape index (κ2) is 8.00. The Hall–Kier alpha value is -2.45. The minimum absolute atomic E-state index is 0.508. The van der Waals surface area contributed by atoms with Gasteiger partial charge in [-0.1, -0.05) is 35.4 Å². The molecule has 0 fully saturated rings. The summed E-state index contributed by atoms with van der Waals surface area (Å²) in [6, 6.07) is 6.22. The first-order chi connectivity index (χ1) is 14.6. The number of nitrogens with two attached hydrogens (primary N) is 1. The third kappa shape index (κ3) is 3.81. The molecule has 154 valence electrons. The van der Waals surface area contributed by atoms with Crippen molar-refractivity contribution >= 4 is 39.1 Å². The zero-order valence-electron chi connectivity index (χ0n) is 17.1. The number of benzene rings is 1. The van der Waals surface area contributed by atoms with Crippen LogP contribution in [0, 0.1) is 13.8 Å². The van der Waals surface area contributed by atoms with Crippen molar-refractivity contribution in [2.75, 3.05) is 5.73 Å². The van der Waals surface area contributed by atoms with Gasteiger partial charge in [-0.25, -0.2) is 9.97 Å². The molecule has 1 aliphatic rings. The van der Waals surface area contributed by atoms with Gasteiger partial charge in [0.25, 0.3) is 5.22 Å². The highest BCUT2D eigenvalue weighted by Gasteiger charge is 2.19. The normalized spacial score (nSPS) is 14.1. The highest BCUT2D eigenvalue weighted by Crippen LogP contribution is 2.37.